The Bertz CT molecular complexity index is 852. The summed E-state index contributed by atoms with van der Waals surface area (Å²) in [6.07, 6.45) is 0. The summed E-state index contributed by atoms with van der Waals surface area (Å²) in [6.45, 7) is 0. The number of urea groups is 1. The average Bonchev–Trinajstić information content (AvgIpc) is 2.47. The lowest BCUT2D eigenvalue weighted by Crippen LogP contribution is -2.19. The monoisotopic (exact) mass is 355 g/mol. The van der Waals surface area contributed by atoms with Crippen molar-refractivity contribution < 1.29 is 18.1 Å². The quantitative estimate of drug-likeness (QED) is 0.496. The van der Waals surface area contributed by atoms with E-state index in [9.17, 15) is 23.3 Å². The van der Waals surface area contributed by atoms with Gasteiger partial charge in [0.05, 0.1) is 9.82 Å². The smallest absolute Gasteiger partial charge is 0.308 e. The minimum atomic E-state index is -3.83. The number of carbonyl (C=O) groups is 1. The zero-order valence-corrected chi connectivity index (χ0v) is 13.0. The van der Waals surface area contributed by atoms with Gasteiger partial charge >= 0.3 is 6.03 Å². The summed E-state index contributed by atoms with van der Waals surface area (Å²) < 4.78 is 22.2. The Labute approximate surface area is 135 Å². The highest BCUT2D eigenvalue weighted by atomic mass is 35.7. The van der Waals surface area contributed by atoms with Gasteiger partial charge in [-0.3, -0.25) is 10.1 Å². The summed E-state index contributed by atoms with van der Waals surface area (Å²) in [5.41, 5.74) is 0.424. The largest absolute Gasteiger partial charge is 0.323 e. The topological polar surface area (TPSA) is 118 Å². The van der Waals surface area contributed by atoms with Crippen LogP contribution in [0.1, 0.15) is 0 Å². The molecule has 0 fully saturated rings. The third kappa shape index (κ3) is 4.66. The first kappa shape index (κ1) is 16.7. The highest BCUT2D eigenvalue weighted by Gasteiger charge is 2.11. The second-order valence-corrected chi connectivity index (χ2v) is 6.91. The Morgan fingerprint density at radius 2 is 1.65 bits per heavy atom. The molecule has 2 aromatic rings. The van der Waals surface area contributed by atoms with Crippen LogP contribution in [-0.4, -0.2) is 19.4 Å². The molecule has 120 valence electrons. The van der Waals surface area contributed by atoms with Crippen LogP contribution in [0, 0.1) is 10.1 Å². The van der Waals surface area contributed by atoms with E-state index in [2.05, 4.69) is 10.6 Å². The first-order valence-electron chi connectivity index (χ1n) is 6.13. The van der Waals surface area contributed by atoms with E-state index in [4.69, 9.17) is 10.7 Å². The molecule has 0 aliphatic rings. The minimum Gasteiger partial charge on any atom is -0.308 e. The summed E-state index contributed by atoms with van der Waals surface area (Å²) in [4.78, 5) is 21.8. The van der Waals surface area contributed by atoms with Gasteiger partial charge in [0.1, 0.15) is 0 Å². The molecule has 0 radical (unpaired) electrons. The van der Waals surface area contributed by atoms with Gasteiger partial charge in [0.25, 0.3) is 14.7 Å². The van der Waals surface area contributed by atoms with E-state index in [0.29, 0.717) is 5.69 Å². The van der Waals surface area contributed by atoms with Crippen molar-refractivity contribution in [2.45, 2.75) is 4.90 Å². The van der Waals surface area contributed by atoms with Crippen molar-refractivity contribution in [2.24, 2.45) is 0 Å². The number of nitrogens with one attached hydrogen (secondary N) is 2. The van der Waals surface area contributed by atoms with E-state index < -0.39 is 20.0 Å². The second-order valence-electron chi connectivity index (χ2n) is 4.35. The number of carbonyl (C=O) groups excluding carboxylic acids is 1. The molecular weight excluding hydrogens is 346 g/mol. The molecule has 2 N–H and O–H groups in total. The van der Waals surface area contributed by atoms with Gasteiger partial charge in [-0.15, -0.1) is 0 Å². The molecule has 0 atom stereocenters. The summed E-state index contributed by atoms with van der Waals surface area (Å²) in [5.74, 6) is 0. The zero-order valence-electron chi connectivity index (χ0n) is 11.4. The normalized spacial score (nSPS) is 10.8. The van der Waals surface area contributed by atoms with E-state index in [0.717, 1.165) is 0 Å². The Hall–Kier alpha value is -2.65. The predicted octanol–water partition coefficient (Wildman–Crippen LogP) is 3.17. The van der Waals surface area contributed by atoms with Gasteiger partial charge in [0.2, 0.25) is 0 Å². The fourth-order valence-corrected chi connectivity index (χ4v) is 2.46. The van der Waals surface area contributed by atoms with Gasteiger partial charge in [0.15, 0.2) is 0 Å². The van der Waals surface area contributed by atoms with Crippen LogP contribution in [0.3, 0.4) is 0 Å². The highest BCUT2D eigenvalue weighted by Crippen LogP contribution is 2.19. The number of nitrogens with zero attached hydrogens (tertiary/aromatic N) is 1. The number of non-ortho nitro benzene ring substituents is 1. The molecule has 0 saturated carbocycles. The van der Waals surface area contributed by atoms with E-state index in [1.165, 1.54) is 48.5 Å². The Kier molecular flexibility index (Phi) is 4.82. The van der Waals surface area contributed by atoms with Gasteiger partial charge in [-0.25, -0.2) is 13.2 Å². The molecule has 0 saturated heterocycles. The summed E-state index contributed by atoms with van der Waals surface area (Å²) >= 11 is 0. The van der Waals surface area contributed by atoms with Crippen LogP contribution in [0.5, 0.6) is 0 Å². The van der Waals surface area contributed by atoms with Gasteiger partial charge in [0, 0.05) is 34.2 Å². The second kappa shape index (κ2) is 6.63. The molecule has 23 heavy (non-hydrogen) atoms. The third-order valence-corrected chi connectivity index (χ3v) is 4.08. The van der Waals surface area contributed by atoms with E-state index in [1.807, 2.05) is 0 Å². The Balaban J connectivity index is 2.05. The van der Waals surface area contributed by atoms with Gasteiger partial charge < -0.3 is 10.6 Å². The molecule has 0 bridgehead atoms. The molecule has 2 aromatic carbocycles. The molecule has 2 amide bonds. The van der Waals surface area contributed by atoms with Crippen LogP contribution in [0.25, 0.3) is 0 Å². The maximum Gasteiger partial charge on any atom is 0.323 e. The number of nitro benzene ring substituents is 1. The van der Waals surface area contributed by atoms with E-state index >= 15 is 0 Å². The Morgan fingerprint density at radius 3 is 2.22 bits per heavy atom. The third-order valence-electron chi connectivity index (χ3n) is 2.71. The van der Waals surface area contributed by atoms with Crippen LogP contribution in [0.2, 0.25) is 0 Å². The molecule has 0 aromatic heterocycles. The molecule has 0 heterocycles. The van der Waals surface area contributed by atoms with Crippen molar-refractivity contribution in [1.82, 2.24) is 0 Å². The predicted molar refractivity (Wildman–Crippen MR) is 85.2 cm³/mol. The number of halogens is 1. The maximum absolute atomic E-state index is 11.8. The van der Waals surface area contributed by atoms with Crippen molar-refractivity contribution in [2.75, 3.05) is 10.6 Å². The zero-order chi connectivity index (χ0) is 17.0. The SMILES string of the molecule is O=C(Nc1ccc(S(=O)(=O)Cl)cc1)Nc1cccc([N+](=O)[O-])c1. The molecule has 8 nitrogen and oxygen atoms in total. The molecule has 0 aliphatic heterocycles. The van der Waals surface area contributed by atoms with Crippen molar-refractivity contribution in [3.05, 3.63) is 58.6 Å². The summed E-state index contributed by atoms with van der Waals surface area (Å²) in [5, 5.41) is 15.6. The maximum atomic E-state index is 11.8. The lowest BCUT2D eigenvalue weighted by molar-refractivity contribution is -0.384. The van der Waals surface area contributed by atoms with Crippen molar-refractivity contribution in [3.63, 3.8) is 0 Å². The van der Waals surface area contributed by atoms with E-state index in [-0.39, 0.29) is 16.3 Å². The first-order valence-corrected chi connectivity index (χ1v) is 8.44. The fraction of sp³-hybridized carbons (Fsp3) is 0. The number of hydrogen-bond acceptors (Lipinski definition) is 5. The van der Waals surface area contributed by atoms with Crippen LogP contribution in [0.15, 0.2) is 53.4 Å². The molecule has 2 rings (SSSR count). The van der Waals surface area contributed by atoms with Gasteiger partial charge in [-0.05, 0) is 30.3 Å². The molecule has 0 spiro atoms. The standard InChI is InChI=1S/C13H10ClN3O5S/c14-23(21,22)12-6-4-9(5-7-12)15-13(18)16-10-2-1-3-11(8-10)17(19)20/h1-8H,(H2,15,16,18). The van der Waals surface area contributed by atoms with Crippen LogP contribution < -0.4 is 10.6 Å². The number of rotatable bonds is 4. The van der Waals surface area contributed by atoms with Crippen LogP contribution >= 0.6 is 10.7 Å². The van der Waals surface area contributed by atoms with Crippen LogP contribution in [-0.2, 0) is 9.05 Å². The number of amides is 2. The highest BCUT2D eigenvalue weighted by molar-refractivity contribution is 8.13. The Morgan fingerprint density at radius 1 is 1.04 bits per heavy atom. The minimum absolute atomic E-state index is 0.0937. The number of hydrogen-bond donors (Lipinski definition) is 2. The van der Waals surface area contributed by atoms with Crippen LogP contribution in [0.4, 0.5) is 21.9 Å². The molecule has 10 heteroatoms. The number of nitro groups is 1. The lowest BCUT2D eigenvalue weighted by Gasteiger charge is -2.08. The van der Waals surface area contributed by atoms with Crippen molar-refractivity contribution >= 4 is 42.8 Å². The van der Waals surface area contributed by atoms with Gasteiger partial charge in [-0.1, -0.05) is 6.07 Å². The fourth-order valence-electron chi connectivity index (χ4n) is 1.69. The first-order chi connectivity index (χ1) is 10.8. The molecule has 0 unspecified atom stereocenters. The summed E-state index contributed by atoms with van der Waals surface area (Å²) in [7, 11) is 1.35. The number of benzene rings is 2. The lowest BCUT2D eigenvalue weighted by atomic mass is 10.3. The average molecular weight is 356 g/mol. The summed E-state index contributed by atoms with van der Waals surface area (Å²) in [6, 6.07) is 10.0. The molecular formula is C13H10ClN3O5S. The molecule has 0 aliphatic carbocycles. The van der Waals surface area contributed by atoms with Crippen molar-refractivity contribution in [1.29, 1.82) is 0 Å². The van der Waals surface area contributed by atoms with Gasteiger partial charge in [-0.2, -0.15) is 0 Å². The van der Waals surface area contributed by atoms with Crippen molar-refractivity contribution in [3.8, 4) is 0 Å². The number of anilines is 2. The van der Waals surface area contributed by atoms with E-state index in [1.54, 1.807) is 0 Å².